The van der Waals surface area contributed by atoms with Gasteiger partial charge in [0.1, 0.15) is 0 Å². The van der Waals surface area contributed by atoms with Gasteiger partial charge in [-0.1, -0.05) is 11.6 Å². The molecule has 110 valence electrons. The zero-order chi connectivity index (χ0) is 14.1. The minimum Gasteiger partial charge on any atom is -0.301 e. The van der Waals surface area contributed by atoms with E-state index in [-0.39, 0.29) is 11.8 Å². The molecule has 1 atom stereocenters. The normalized spacial score (nSPS) is 22.9. The predicted molar refractivity (Wildman–Crippen MR) is 83.9 cm³/mol. The number of Topliss-reactive ketones (excluding diaryl/α,β-unsaturated/α-hetero) is 1. The van der Waals surface area contributed by atoms with E-state index in [9.17, 15) is 4.79 Å². The molecule has 0 N–H and O–H groups in total. The second kappa shape index (κ2) is 6.14. The van der Waals surface area contributed by atoms with Crippen molar-refractivity contribution in [2.75, 3.05) is 32.7 Å². The maximum Gasteiger partial charge on any atom is 0.189 e. The number of halogens is 1. The number of carbonyl (C=O) groups is 1. The predicted octanol–water partition coefficient (Wildman–Crippen LogP) is 3.00. The van der Waals surface area contributed by atoms with Crippen LogP contribution in [0.15, 0.2) is 12.1 Å². The fourth-order valence-electron chi connectivity index (χ4n) is 2.82. The Hall–Kier alpha value is -0.420. The lowest BCUT2D eigenvalue weighted by atomic mass is 10.1. The first kappa shape index (κ1) is 14.5. The van der Waals surface area contributed by atoms with E-state index < -0.39 is 0 Å². The van der Waals surface area contributed by atoms with Gasteiger partial charge >= 0.3 is 0 Å². The van der Waals surface area contributed by atoms with Gasteiger partial charge in [0.25, 0.3) is 0 Å². The Morgan fingerprint density at radius 2 is 2.05 bits per heavy atom. The fraction of sp³-hybridized carbons (Fsp3) is 0.667. The molecule has 0 radical (unpaired) electrons. The first-order valence-corrected chi connectivity index (χ1v) is 8.59. The van der Waals surface area contributed by atoms with Crippen LogP contribution >= 0.6 is 22.9 Å². The van der Waals surface area contributed by atoms with Gasteiger partial charge in [-0.05, 0) is 37.8 Å². The molecule has 1 unspecified atom stereocenters. The van der Waals surface area contributed by atoms with Crippen LogP contribution in [-0.2, 0) is 0 Å². The molecule has 1 saturated heterocycles. The Morgan fingerprint density at radius 1 is 1.35 bits per heavy atom. The van der Waals surface area contributed by atoms with Gasteiger partial charge in [-0.25, -0.2) is 0 Å². The van der Waals surface area contributed by atoms with Gasteiger partial charge in [0.15, 0.2) is 5.78 Å². The molecule has 3 nitrogen and oxygen atoms in total. The number of rotatable bonds is 5. The van der Waals surface area contributed by atoms with Crippen molar-refractivity contribution in [2.24, 2.45) is 5.92 Å². The Balaban J connectivity index is 1.52. The highest BCUT2D eigenvalue weighted by atomic mass is 35.5. The van der Waals surface area contributed by atoms with Gasteiger partial charge in [0.05, 0.1) is 15.3 Å². The van der Waals surface area contributed by atoms with Crippen molar-refractivity contribution in [1.29, 1.82) is 0 Å². The van der Waals surface area contributed by atoms with E-state index in [4.69, 9.17) is 11.6 Å². The second-order valence-corrected chi connectivity index (χ2v) is 7.64. The molecule has 2 fully saturated rings. The van der Waals surface area contributed by atoms with Crippen molar-refractivity contribution in [3.63, 3.8) is 0 Å². The lowest BCUT2D eigenvalue weighted by molar-refractivity contribution is 0.0696. The molecule has 0 amide bonds. The van der Waals surface area contributed by atoms with Crippen molar-refractivity contribution in [3.05, 3.63) is 21.3 Å². The third kappa shape index (κ3) is 3.42. The first-order chi connectivity index (χ1) is 9.63. The van der Waals surface area contributed by atoms with Crippen LogP contribution < -0.4 is 0 Å². The van der Waals surface area contributed by atoms with Crippen LogP contribution in [0.5, 0.6) is 0 Å². The Morgan fingerprint density at radius 3 is 2.60 bits per heavy atom. The Bertz CT molecular complexity index is 478. The van der Waals surface area contributed by atoms with E-state index >= 15 is 0 Å². The third-order valence-electron chi connectivity index (χ3n) is 4.36. The van der Waals surface area contributed by atoms with Gasteiger partial charge in [-0.3, -0.25) is 9.69 Å². The van der Waals surface area contributed by atoms with Gasteiger partial charge in [-0.15, -0.1) is 11.3 Å². The van der Waals surface area contributed by atoms with Gasteiger partial charge in [0, 0.05) is 32.7 Å². The van der Waals surface area contributed by atoms with Crippen LogP contribution in [0.1, 0.15) is 29.4 Å². The summed E-state index contributed by atoms with van der Waals surface area (Å²) in [6.45, 7) is 7.47. The fourth-order valence-corrected chi connectivity index (χ4v) is 3.88. The zero-order valence-electron chi connectivity index (χ0n) is 11.8. The van der Waals surface area contributed by atoms with Crippen molar-refractivity contribution < 1.29 is 4.79 Å². The first-order valence-electron chi connectivity index (χ1n) is 7.39. The number of thiophene rings is 1. The Labute approximate surface area is 129 Å². The molecule has 3 rings (SSSR count). The number of nitrogens with zero attached hydrogens (tertiary/aromatic N) is 2. The molecule has 20 heavy (non-hydrogen) atoms. The summed E-state index contributed by atoms with van der Waals surface area (Å²) in [6.07, 6.45) is 2.82. The van der Waals surface area contributed by atoms with E-state index in [1.54, 1.807) is 6.07 Å². The van der Waals surface area contributed by atoms with E-state index in [0.29, 0.717) is 4.34 Å². The molecular weight excluding hydrogens is 292 g/mol. The molecule has 1 aromatic rings. The molecule has 2 aliphatic rings. The van der Waals surface area contributed by atoms with Crippen LogP contribution in [0.25, 0.3) is 0 Å². The summed E-state index contributed by atoms with van der Waals surface area (Å²) >= 11 is 7.30. The van der Waals surface area contributed by atoms with E-state index in [1.807, 2.05) is 13.0 Å². The number of ketones is 1. The molecule has 0 spiro atoms. The van der Waals surface area contributed by atoms with Crippen LogP contribution in [0.2, 0.25) is 4.34 Å². The number of hydrogen-bond donors (Lipinski definition) is 0. The molecule has 0 aromatic carbocycles. The highest BCUT2D eigenvalue weighted by molar-refractivity contribution is 7.18. The molecule has 1 aliphatic heterocycles. The minimum absolute atomic E-state index is 0.0345. The number of hydrogen-bond acceptors (Lipinski definition) is 4. The Kier molecular flexibility index (Phi) is 4.46. The van der Waals surface area contributed by atoms with Gasteiger partial charge < -0.3 is 4.90 Å². The SMILES string of the molecule is CC(C(=O)c1ccc(Cl)s1)N1CCN(CC2CC2)CC1. The number of carbonyl (C=O) groups excluding carboxylic acids is 1. The largest absolute Gasteiger partial charge is 0.301 e. The van der Waals surface area contributed by atoms with Crippen molar-refractivity contribution in [2.45, 2.75) is 25.8 Å². The van der Waals surface area contributed by atoms with Crippen molar-refractivity contribution >= 4 is 28.7 Å². The van der Waals surface area contributed by atoms with E-state index in [0.717, 1.165) is 37.0 Å². The van der Waals surface area contributed by atoms with Crippen LogP contribution in [0, 0.1) is 5.92 Å². The molecule has 5 heteroatoms. The summed E-state index contributed by atoms with van der Waals surface area (Å²) in [6, 6.07) is 3.61. The van der Waals surface area contributed by atoms with Crippen molar-refractivity contribution in [1.82, 2.24) is 9.80 Å². The lowest BCUT2D eigenvalue weighted by Crippen LogP contribution is -2.51. The maximum atomic E-state index is 12.4. The highest BCUT2D eigenvalue weighted by Crippen LogP contribution is 2.30. The van der Waals surface area contributed by atoms with Gasteiger partial charge in [0.2, 0.25) is 0 Å². The molecule has 1 saturated carbocycles. The highest BCUT2D eigenvalue weighted by Gasteiger charge is 2.29. The van der Waals surface area contributed by atoms with Crippen LogP contribution in [0.4, 0.5) is 0 Å². The van der Waals surface area contributed by atoms with E-state index in [1.165, 1.54) is 30.7 Å². The summed E-state index contributed by atoms with van der Waals surface area (Å²) in [5.74, 6) is 1.16. The summed E-state index contributed by atoms with van der Waals surface area (Å²) in [5.41, 5.74) is 0. The topological polar surface area (TPSA) is 23.6 Å². The summed E-state index contributed by atoms with van der Waals surface area (Å²) in [4.78, 5) is 18.1. The quantitative estimate of drug-likeness (QED) is 0.781. The van der Waals surface area contributed by atoms with Crippen molar-refractivity contribution in [3.8, 4) is 0 Å². The van der Waals surface area contributed by atoms with Gasteiger partial charge in [-0.2, -0.15) is 0 Å². The summed E-state index contributed by atoms with van der Waals surface area (Å²) in [7, 11) is 0. The lowest BCUT2D eigenvalue weighted by Gasteiger charge is -2.37. The third-order valence-corrected chi connectivity index (χ3v) is 5.61. The zero-order valence-corrected chi connectivity index (χ0v) is 13.4. The molecule has 2 heterocycles. The van der Waals surface area contributed by atoms with E-state index in [2.05, 4.69) is 9.80 Å². The second-order valence-electron chi connectivity index (χ2n) is 5.92. The maximum absolute atomic E-state index is 12.4. The molecule has 1 aliphatic carbocycles. The number of piperazine rings is 1. The average molecular weight is 313 g/mol. The van der Waals surface area contributed by atoms with Crippen LogP contribution in [0.3, 0.4) is 0 Å². The molecular formula is C15H21ClN2OS. The summed E-state index contributed by atoms with van der Waals surface area (Å²) < 4.78 is 0.690. The molecule has 0 bridgehead atoms. The van der Waals surface area contributed by atoms with Crippen LogP contribution in [-0.4, -0.2) is 54.3 Å². The standard InChI is InChI=1S/C15H21ClN2OS/c1-11(15(19)13-4-5-14(16)20-13)18-8-6-17(7-9-18)10-12-2-3-12/h4-5,11-12H,2-3,6-10H2,1H3. The average Bonchev–Trinajstić information content (AvgIpc) is 3.17. The molecule has 1 aromatic heterocycles. The smallest absolute Gasteiger partial charge is 0.189 e. The minimum atomic E-state index is -0.0345. The monoisotopic (exact) mass is 312 g/mol. The summed E-state index contributed by atoms with van der Waals surface area (Å²) in [5, 5.41) is 0.